The van der Waals surface area contributed by atoms with Gasteiger partial charge in [-0.2, -0.15) is 5.10 Å². The molecule has 1 aliphatic rings. The van der Waals surface area contributed by atoms with Crippen molar-refractivity contribution >= 4 is 5.57 Å². The van der Waals surface area contributed by atoms with Crippen LogP contribution in [0.3, 0.4) is 0 Å². The minimum atomic E-state index is -0.231. The molecule has 2 rings (SSSR count). The van der Waals surface area contributed by atoms with E-state index in [1.54, 1.807) is 0 Å². The monoisotopic (exact) mass is 178 g/mol. The van der Waals surface area contributed by atoms with Gasteiger partial charge in [0.2, 0.25) is 0 Å². The molecule has 0 aromatic carbocycles. The number of hydrogen-bond donors (Lipinski definition) is 1. The Morgan fingerprint density at radius 2 is 2.54 bits per heavy atom. The van der Waals surface area contributed by atoms with E-state index in [4.69, 9.17) is 0 Å². The van der Waals surface area contributed by atoms with Crippen LogP contribution < -0.4 is 0 Å². The molecule has 0 bridgehead atoms. The maximum absolute atomic E-state index is 9.42. The minimum Gasteiger partial charge on any atom is -0.391 e. The van der Waals surface area contributed by atoms with E-state index in [1.807, 2.05) is 17.8 Å². The Bertz CT molecular complexity index is 341. The average Bonchev–Trinajstić information content (AvgIpc) is 2.46. The van der Waals surface area contributed by atoms with Gasteiger partial charge in [-0.05, 0) is 25.3 Å². The molecule has 13 heavy (non-hydrogen) atoms. The van der Waals surface area contributed by atoms with Crippen LogP contribution in [0.4, 0.5) is 0 Å². The lowest BCUT2D eigenvalue weighted by atomic mass is 10.0. The molecule has 1 aromatic rings. The number of aliphatic hydroxyl groups excluding tert-OH is 1. The highest BCUT2D eigenvalue weighted by atomic mass is 16.3. The number of nitrogens with zero attached hydrogens (tertiary/aromatic N) is 2. The molecule has 0 saturated carbocycles. The molecular weight excluding hydrogens is 164 g/mol. The second kappa shape index (κ2) is 3.00. The lowest BCUT2D eigenvalue weighted by Gasteiger charge is -2.19. The zero-order valence-electron chi connectivity index (χ0n) is 7.82. The van der Waals surface area contributed by atoms with Gasteiger partial charge in [-0.25, -0.2) is 0 Å². The summed E-state index contributed by atoms with van der Waals surface area (Å²) < 4.78 is 1.89. The lowest BCUT2D eigenvalue weighted by Crippen LogP contribution is -2.25. The molecule has 0 radical (unpaired) electrons. The van der Waals surface area contributed by atoms with Crippen molar-refractivity contribution < 1.29 is 5.11 Å². The molecule has 0 amide bonds. The van der Waals surface area contributed by atoms with E-state index >= 15 is 0 Å². The summed E-state index contributed by atoms with van der Waals surface area (Å²) in [5.41, 5.74) is 3.42. The second-order valence-corrected chi connectivity index (χ2v) is 3.66. The number of hydrogen-bond acceptors (Lipinski definition) is 2. The molecule has 1 atom stereocenters. The number of aliphatic hydroxyl groups is 1. The molecule has 0 saturated heterocycles. The molecule has 1 N–H and O–H groups in total. The van der Waals surface area contributed by atoms with Crippen LogP contribution in [-0.4, -0.2) is 21.0 Å². The van der Waals surface area contributed by atoms with E-state index in [1.165, 1.54) is 5.69 Å². The van der Waals surface area contributed by atoms with Crippen LogP contribution in [0.2, 0.25) is 0 Å². The summed E-state index contributed by atoms with van der Waals surface area (Å²) in [6.45, 7) is 6.53. The molecule has 1 unspecified atom stereocenters. The zero-order chi connectivity index (χ0) is 9.42. The first-order chi connectivity index (χ1) is 6.18. The summed E-state index contributed by atoms with van der Waals surface area (Å²) in [6.07, 6.45) is 3.36. The van der Waals surface area contributed by atoms with Crippen LogP contribution >= 0.6 is 0 Å². The molecule has 2 heterocycles. The third kappa shape index (κ3) is 1.40. The van der Waals surface area contributed by atoms with Gasteiger partial charge in [0.05, 0.1) is 18.8 Å². The van der Waals surface area contributed by atoms with Gasteiger partial charge in [-0.3, -0.25) is 4.68 Å². The van der Waals surface area contributed by atoms with Crippen molar-refractivity contribution in [2.75, 3.05) is 0 Å². The van der Waals surface area contributed by atoms with Crippen LogP contribution in [0.15, 0.2) is 12.8 Å². The van der Waals surface area contributed by atoms with Crippen molar-refractivity contribution in [1.29, 1.82) is 0 Å². The number of allylic oxidation sites excluding steroid dienone is 1. The molecular formula is C10H14N2O. The normalized spacial score (nSPS) is 21.2. The first kappa shape index (κ1) is 8.51. The van der Waals surface area contributed by atoms with E-state index in [2.05, 4.69) is 11.7 Å². The molecule has 0 fully saturated rings. The summed E-state index contributed by atoms with van der Waals surface area (Å²) in [6, 6.07) is 0. The van der Waals surface area contributed by atoms with Gasteiger partial charge in [0, 0.05) is 11.3 Å². The summed E-state index contributed by atoms with van der Waals surface area (Å²) in [7, 11) is 0. The number of rotatable bonds is 1. The van der Waals surface area contributed by atoms with E-state index < -0.39 is 0 Å². The first-order valence-electron chi connectivity index (χ1n) is 4.57. The van der Waals surface area contributed by atoms with Crippen molar-refractivity contribution in [3.05, 3.63) is 24.0 Å². The highest BCUT2D eigenvalue weighted by Gasteiger charge is 2.19. The van der Waals surface area contributed by atoms with Crippen LogP contribution in [0, 0.1) is 0 Å². The van der Waals surface area contributed by atoms with E-state index in [0.717, 1.165) is 24.0 Å². The van der Waals surface area contributed by atoms with Crippen molar-refractivity contribution in [2.45, 2.75) is 32.4 Å². The van der Waals surface area contributed by atoms with Gasteiger partial charge >= 0.3 is 0 Å². The van der Waals surface area contributed by atoms with Crippen LogP contribution in [0.25, 0.3) is 5.57 Å². The molecule has 0 aliphatic carbocycles. The number of fused-ring (bicyclic) bond motifs is 1. The summed E-state index contributed by atoms with van der Waals surface area (Å²) in [5.74, 6) is 0. The second-order valence-electron chi connectivity index (χ2n) is 3.66. The predicted octanol–water partition coefficient (Wildman–Crippen LogP) is 1.22. The Balaban J connectivity index is 2.39. The third-order valence-electron chi connectivity index (χ3n) is 2.51. The largest absolute Gasteiger partial charge is 0.391 e. The molecule has 0 spiro atoms. The minimum absolute atomic E-state index is 0.231. The lowest BCUT2D eigenvalue weighted by molar-refractivity contribution is 0.125. The van der Waals surface area contributed by atoms with Crippen molar-refractivity contribution in [3.8, 4) is 0 Å². The fraction of sp³-hybridized carbons (Fsp3) is 0.500. The van der Waals surface area contributed by atoms with Crippen molar-refractivity contribution in [2.24, 2.45) is 0 Å². The quantitative estimate of drug-likeness (QED) is 0.702. The smallest absolute Gasteiger partial charge is 0.0739 e. The third-order valence-corrected chi connectivity index (χ3v) is 2.51. The SMILES string of the molecule is C=C(C)c1cnn2c1CCC(O)C2. The Morgan fingerprint density at radius 3 is 3.23 bits per heavy atom. The Morgan fingerprint density at radius 1 is 1.77 bits per heavy atom. The fourth-order valence-corrected chi connectivity index (χ4v) is 1.78. The van der Waals surface area contributed by atoms with Gasteiger partial charge in [-0.1, -0.05) is 6.58 Å². The van der Waals surface area contributed by atoms with E-state index in [0.29, 0.717) is 6.54 Å². The first-order valence-corrected chi connectivity index (χ1v) is 4.57. The zero-order valence-corrected chi connectivity index (χ0v) is 7.82. The maximum atomic E-state index is 9.42. The maximum Gasteiger partial charge on any atom is 0.0739 e. The summed E-state index contributed by atoms with van der Waals surface area (Å²) in [5, 5.41) is 13.6. The van der Waals surface area contributed by atoms with Crippen molar-refractivity contribution in [3.63, 3.8) is 0 Å². The molecule has 3 nitrogen and oxygen atoms in total. The summed E-state index contributed by atoms with van der Waals surface area (Å²) >= 11 is 0. The highest BCUT2D eigenvalue weighted by molar-refractivity contribution is 5.62. The van der Waals surface area contributed by atoms with Gasteiger partial charge in [0.25, 0.3) is 0 Å². The standard InChI is InChI=1S/C10H14N2O/c1-7(2)9-5-11-12-6-8(13)3-4-10(9)12/h5,8,13H,1,3-4,6H2,2H3. The van der Waals surface area contributed by atoms with Gasteiger partial charge in [-0.15, -0.1) is 0 Å². The highest BCUT2D eigenvalue weighted by Crippen LogP contribution is 2.22. The molecule has 1 aliphatic heterocycles. The average molecular weight is 178 g/mol. The van der Waals surface area contributed by atoms with Gasteiger partial charge in [0.1, 0.15) is 0 Å². The van der Waals surface area contributed by atoms with Crippen molar-refractivity contribution in [1.82, 2.24) is 9.78 Å². The topological polar surface area (TPSA) is 38.0 Å². The Hall–Kier alpha value is -1.09. The fourth-order valence-electron chi connectivity index (χ4n) is 1.78. The predicted molar refractivity (Wildman–Crippen MR) is 51.3 cm³/mol. The van der Waals surface area contributed by atoms with E-state index in [9.17, 15) is 5.11 Å². The number of aromatic nitrogens is 2. The van der Waals surface area contributed by atoms with Gasteiger partial charge < -0.3 is 5.11 Å². The van der Waals surface area contributed by atoms with Crippen LogP contribution in [-0.2, 0) is 13.0 Å². The van der Waals surface area contributed by atoms with Gasteiger partial charge in [0.15, 0.2) is 0 Å². The van der Waals surface area contributed by atoms with Crippen LogP contribution in [0.1, 0.15) is 24.6 Å². The Labute approximate surface area is 77.7 Å². The summed E-state index contributed by atoms with van der Waals surface area (Å²) in [4.78, 5) is 0. The van der Waals surface area contributed by atoms with Crippen LogP contribution in [0.5, 0.6) is 0 Å². The van der Waals surface area contributed by atoms with E-state index in [-0.39, 0.29) is 6.10 Å². The molecule has 70 valence electrons. The Kier molecular flexibility index (Phi) is 1.96. The molecule has 1 aromatic heterocycles. The molecule has 3 heteroatoms.